The Bertz CT molecular complexity index is 600. The highest BCUT2D eigenvalue weighted by molar-refractivity contribution is 5.71. The first-order chi connectivity index (χ1) is 12.3. The summed E-state index contributed by atoms with van der Waals surface area (Å²) in [6, 6.07) is 9.46. The van der Waals surface area contributed by atoms with Crippen LogP contribution in [0.25, 0.3) is 0 Å². The van der Waals surface area contributed by atoms with E-state index in [1.54, 1.807) is 27.9 Å². The fourth-order valence-electron chi connectivity index (χ4n) is 2.75. The van der Waals surface area contributed by atoms with Crippen molar-refractivity contribution in [2.75, 3.05) is 13.7 Å². The van der Waals surface area contributed by atoms with E-state index in [0.29, 0.717) is 19.4 Å². The molecule has 1 saturated heterocycles. The van der Waals surface area contributed by atoms with Crippen molar-refractivity contribution in [1.29, 1.82) is 0 Å². The van der Waals surface area contributed by atoms with Crippen molar-refractivity contribution in [2.24, 2.45) is 0 Å². The number of nitrogens with zero attached hydrogens (tertiary/aromatic N) is 1. The van der Waals surface area contributed by atoms with Crippen LogP contribution >= 0.6 is 0 Å². The molecule has 1 aromatic carbocycles. The monoisotopic (exact) mass is 364 g/mol. The van der Waals surface area contributed by atoms with E-state index in [1.807, 2.05) is 30.3 Å². The van der Waals surface area contributed by atoms with E-state index in [4.69, 9.17) is 14.2 Å². The van der Waals surface area contributed by atoms with Crippen molar-refractivity contribution in [3.8, 4) is 0 Å². The Morgan fingerprint density at radius 3 is 2.54 bits per heavy atom. The number of likely N-dealkylation sites (tertiary alicyclic amines) is 1. The lowest BCUT2D eigenvalue weighted by Gasteiger charge is -2.38. The third kappa shape index (κ3) is 6.22. The van der Waals surface area contributed by atoms with Crippen LogP contribution in [0, 0.1) is 0 Å². The van der Waals surface area contributed by atoms with Gasteiger partial charge in [0.25, 0.3) is 0 Å². The normalized spacial score (nSPS) is 20.4. The molecule has 144 valence electrons. The van der Waals surface area contributed by atoms with Crippen molar-refractivity contribution in [3.05, 3.63) is 35.9 Å². The molecule has 2 amide bonds. The smallest absolute Gasteiger partial charge is 0.411 e. The van der Waals surface area contributed by atoms with Gasteiger partial charge in [0.2, 0.25) is 0 Å². The molecule has 2 atom stereocenters. The van der Waals surface area contributed by atoms with Gasteiger partial charge in [-0.05, 0) is 32.8 Å². The molecular formula is C19H28N2O5. The number of alkyl carbamates (subject to hydrolysis) is 1. The number of nitrogens with one attached hydrogen (secondary N) is 1. The predicted molar refractivity (Wildman–Crippen MR) is 96.5 cm³/mol. The number of amides is 2. The van der Waals surface area contributed by atoms with Crippen LogP contribution in [0.3, 0.4) is 0 Å². The van der Waals surface area contributed by atoms with Crippen LogP contribution in [0.5, 0.6) is 0 Å². The standard InChI is InChI=1S/C19H28N2O5/c1-19(2,3)26-17(22)20-16-12-15(24-4)10-11-21(16)18(23)25-13-14-8-6-5-7-9-14/h5-9,15-16H,10-13H2,1-4H3,(H,20,22). The maximum Gasteiger partial charge on any atom is 0.411 e. The summed E-state index contributed by atoms with van der Waals surface area (Å²) < 4.78 is 16.1. The van der Waals surface area contributed by atoms with E-state index in [0.717, 1.165) is 5.56 Å². The highest BCUT2D eigenvalue weighted by atomic mass is 16.6. The molecule has 0 bridgehead atoms. The molecule has 0 aromatic heterocycles. The Labute approximate surface area is 154 Å². The van der Waals surface area contributed by atoms with Gasteiger partial charge < -0.3 is 19.5 Å². The molecule has 1 aliphatic rings. The van der Waals surface area contributed by atoms with Gasteiger partial charge in [0.05, 0.1) is 6.10 Å². The fourth-order valence-corrected chi connectivity index (χ4v) is 2.75. The Kier molecular flexibility index (Phi) is 6.85. The van der Waals surface area contributed by atoms with Gasteiger partial charge in [-0.15, -0.1) is 0 Å². The first-order valence-corrected chi connectivity index (χ1v) is 8.78. The summed E-state index contributed by atoms with van der Waals surface area (Å²) in [6.45, 7) is 5.99. The van der Waals surface area contributed by atoms with Gasteiger partial charge in [0.15, 0.2) is 0 Å². The van der Waals surface area contributed by atoms with Crippen molar-refractivity contribution in [1.82, 2.24) is 10.2 Å². The van der Waals surface area contributed by atoms with Crippen LogP contribution in [-0.2, 0) is 20.8 Å². The van der Waals surface area contributed by atoms with Gasteiger partial charge in [0, 0.05) is 20.1 Å². The molecule has 1 aliphatic heterocycles. The second kappa shape index (κ2) is 8.89. The molecule has 1 aromatic rings. The number of carbonyl (C=O) groups is 2. The molecule has 2 unspecified atom stereocenters. The molecule has 0 saturated carbocycles. The van der Waals surface area contributed by atoms with Crippen LogP contribution in [0.2, 0.25) is 0 Å². The van der Waals surface area contributed by atoms with Crippen LogP contribution in [0.15, 0.2) is 30.3 Å². The number of carbonyl (C=O) groups excluding carboxylic acids is 2. The summed E-state index contributed by atoms with van der Waals surface area (Å²) >= 11 is 0. The Morgan fingerprint density at radius 2 is 1.92 bits per heavy atom. The summed E-state index contributed by atoms with van der Waals surface area (Å²) in [7, 11) is 1.62. The highest BCUT2D eigenvalue weighted by Crippen LogP contribution is 2.20. The predicted octanol–water partition coefficient (Wildman–Crippen LogP) is 3.28. The molecular weight excluding hydrogens is 336 g/mol. The zero-order valence-corrected chi connectivity index (χ0v) is 15.9. The minimum absolute atomic E-state index is 0.0342. The molecule has 0 radical (unpaired) electrons. The lowest BCUT2D eigenvalue weighted by atomic mass is 10.1. The van der Waals surface area contributed by atoms with Gasteiger partial charge >= 0.3 is 12.2 Å². The van der Waals surface area contributed by atoms with Crippen molar-refractivity contribution < 1.29 is 23.8 Å². The minimum Gasteiger partial charge on any atom is -0.444 e. The van der Waals surface area contributed by atoms with E-state index >= 15 is 0 Å². The molecule has 7 heteroatoms. The molecule has 26 heavy (non-hydrogen) atoms. The lowest BCUT2D eigenvalue weighted by molar-refractivity contribution is -0.00900. The number of hydrogen-bond acceptors (Lipinski definition) is 5. The zero-order valence-electron chi connectivity index (χ0n) is 15.9. The quantitative estimate of drug-likeness (QED) is 0.887. The Hall–Kier alpha value is -2.28. The second-order valence-corrected chi connectivity index (χ2v) is 7.28. The average Bonchev–Trinajstić information content (AvgIpc) is 2.58. The van der Waals surface area contributed by atoms with Crippen molar-refractivity contribution in [2.45, 2.75) is 58.1 Å². The third-order valence-corrected chi connectivity index (χ3v) is 4.01. The number of benzene rings is 1. The summed E-state index contributed by atoms with van der Waals surface area (Å²) in [6.07, 6.45) is -0.441. The highest BCUT2D eigenvalue weighted by Gasteiger charge is 2.34. The molecule has 7 nitrogen and oxygen atoms in total. The van der Waals surface area contributed by atoms with E-state index in [1.165, 1.54) is 4.90 Å². The molecule has 0 spiro atoms. The fraction of sp³-hybridized carbons (Fsp3) is 0.579. The number of ether oxygens (including phenoxy) is 3. The van der Waals surface area contributed by atoms with Crippen LogP contribution in [-0.4, -0.2) is 48.6 Å². The van der Waals surface area contributed by atoms with Gasteiger partial charge in [0.1, 0.15) is 18.4 Å². The first-order valence-electron chi connectivity index (χ1n) is 8.78. The molecule has 0 aliphatic carbocycles. The largest absolute Gasteiger partial charge is 0.444 e. The van der Waals surface area contributed by atoms with Crippen molar-refractivity contribution >= 4 is 12.2 Å². The second-order valence-electron chi connectivity index (χ2n) is 7.28. The van der Waals surface area contributed by atoms with Crippen LogP contribution in [0.1, 0.15) is 39.2 Å². The van der Waals surface area contributed by atoms with E-state index in [-0.39, 0.29) is 12.7 Å². The van der Waals surface area contributed by atoms with E-state index < -0.39 is 24.0 Å². The number of hydrogen-bond donors (Lipinski definition) is 1. The van der Waals surface area contributed by atoms with Gasteiger partial charge in [-0.2, -0.15) is 0 Å². The molecule has 1 fully saturated rings. The maximum atomic E-state index is 12.5. The summed E-state index contributed by atoms with van der Waals surface area (Å²) in [5.74, 6) is 0. The number of rotatable bonds is 4. The molecule has 1 heterocycles. The Balaban J connectivity index is 1.98. The van der Waals surface area contributed by atoms with E-state index in [2.05, 4.69) is 5.32 Å². The number of piperidine rings is 1. The third-order valence-electron chi connectivity index (χ3n) is 4.01. The molecule has 1 N–H and O–H groups in total. The summed E-state index contributed by atoms with van der Waals surface area (Å²) in [5, 5.41) is 2.75. The van der Waals surface area contributed by atoms with Gasteiger partial charge in [-0.25, -0.2) is 9.59 Å². The number of methoxy groups -OCH3 is 1. The topological polar surface area (TPSA) is 77.1 Å². The minimum atomic E-state index is -0.613. The zero-order chi connectivity index (χ0) is 19.2. The maximum absolute atomic E-state index is 12.5. The average molecular weight is 364 g/mol. The Morgan fingerprint density at radius 1 is 1.23 bits per heavy atom. The van der Waals surface area contributed by atoms with Gasteiger partial charge in [-0.1, -0.05) is 30.3 Å². The summed E-state index contributed by atoms with van der Waals surface area (Å²) in [5.41, 5.74) is 0.294. The van der Waals surface area contributed by atoms with Crippen LogP contribution in [0.4, 0.5) is 9.59 Å². The SMILES string of the molecule is COC1CCN(C(=O)OCc2ccccc2)C(NC(=O)OC(C)(C)C)C1. The van der Waals surface area contributed by atoms with Gasteiger partial charge in [-0.3, -0.25) is 4.90 Å². The lowest BCUT2D eigenvalue weighted by Crippen LogP contribution is -2.56. The molecule has 2 rings (SSSR count). The first kappa shape index (κ1) is 20.0. The summed E-state index contributed by atoms with van der Waals surface area (Å²) in [4.78, 5) is 26.1. The van der Waals surface area contributed by atoms with Crippen molar-refractivity contribution in [3.63, 3.8) is 0 Å². The van der Waals surface area contributed by atoms with E-state index in [9.17, 15) is 9.59 Å². The van der Waals surface area contributed by atoms with Crippen LogP contribution < -0.4 is 5.32 Å².